The van der Waals surface area contributed by atoms with Crippen LogP contribution in [0.25, 0.3) is 0 Å². The fourth-order valence-corrected chi connectivity index (χ4v) is 3.98. The molecular weight excluding hydrogens is 330 g/mol. The number of esters is 1. The second-order valence-electron chi connectivity index (χ2n) is 8.44. The second-order valence-corrected chi connectivity index (χ2v) is 8.44. The molecule has 2 heterocycles. The number of piperidine rings is 1. The molecule has 1 aromatic rings. The zero-order valence-corrected chi connectivity index (χ0v) is 16.1. The third kappa shape index (κ3) is 4.19. The average Bonchev–Trinajstić information content (AvgIpc) is 2.85. The Bertz CT molecular complexity index is 638. The van der Waals surface area contributed by atoms with E-state index in [0.29, 0.717) is 12.8 Å². The van der Waals surface area contributed by atoms with E-state index in [1.165, 1.54) is 0 Å². The summed E-state index contributed by atoms with van der Waals surface area (Å²) in [5, 5.41) is 0. The van der Waals surface area contributed by atoms with Crippen LogP contribution in [0.1, 0.15) is 64.9 Å². The van der Waals surface area contributed by atoms with Crippen LogP contribution >= 0.6 is 0 Å². The first-order chi connectivity index (χ1) is 12.2. The normalized spacial score (nSPS) is 26.3. The van der Waals surface area contributed by atoms with Gasteiger partial charge in [0, 0.05) is 24.9 Å². The van der Waals surface area contributed by atoms with E-state index < -0.39 is 5.60 Å². The van der Waals surface area contributed by atoms with Crippen molar-refractivity contribution in [2.45, 2.75) is 83.1 Å². The number of amides is 1. The molecule has 1 amide bonds. The Morgan fingerprint density at radius 2 is 1.65 bits per heavy atom. The molecule has 0 N–H and O–H groups in total. The predicted molar refractivity (Wildman–Crippen MR) is 98.9 cm³/mol. The Morgan fingerprint density at radius 3 is 2.19 bits per heavy atom. The van der Waals surface area contributed by atoms with Crippen molar-refractivity contribution in [3.8, 4) is 0 Å². The molecule has 1 aromatic carbocycles. The lowest BCUT2D eigenvalue weighted by atomic mass is 9.98. The van der Waals surface area contributed by atoms with Crippen LogP contribution in [-0.2, 0) is 14.3 Å². The average molecular weight is 359 g/mol. The Labute approximate surface area is 155 Å². The molecule has 0 radical (unpaired) electrons. The summed E-state index contributed by atoms with van der Waals surface area (Å²) < 4.78 is 11.3. The maximum Gasteiger partial charge on any atom is 0.410 e. The summed E-state index contributed by atoms with van der Waals surface area (Å²) in [6.07, 6.45) is 2.93. The van der Waals surface area contributed by atoms with Gasteiger partial charge in [0.05, 0.1) is 5.92 Å². The molecule has 0 saturated carbocycles. The third-order valence-electron chi connectivity index (χ3n) is 5.23. The highest BCUT2D eigenvalue weighted by molar-refractivity contribution is 5.78. The SMILES string of the molecule is CC(C(=O)OC1CC2CCC(C1)N2C(=O)OC(C)(C)C)c1ccccc1. The van der Waals surface area contributed by atoms with E-state index in [4.69, 9.17) is 9.47 Å². The van der Waals surface area contributed by atoms with Crippen LogP contribution in [0, 0.1) is 0 Å². The standard InChI is InChI=1S/C21H29NO4/c1-14(15-8-6-5-7-9-15)19(23)25-18-12-16-10-11-17(13-18)22(16)20(24)26-21(2,3)4/h5-9,14,16-18H,10-13H2,1-4H3. The Hall–Kier alpha value is -2.04. The molecule has 3 rings (SSSR count). The number of hydrogen-bond acceptors (Lipinski definition) is 4. The minimum absolute atomic E-state index is 0.105. The van der Waals surface area contributed by atoms with Gasteiger partial charge < -0.3 is 14.4 Å². The number of fused-ring (bicyclic) bond motifs is 2. The molecule has 2 aliphatic heterocycles. The summed E-state index contributed by atoms with van der Waals surface area (Å²) in [5.41, 5.74) is 0.469. The van der Waals surface area contributed by atoms with Gasteiger partial charge in [-0.15, -0.1) is 0 Å². The second kappa shape index (κ2) is 7.29. The van der Waals surface area contributed by atoms with E-state index in [0.717, 1.165) is 18.4 Å². The fourth-order valence-electron chi connectivity index (χ4n) is 3.98. The van der Waals surface area contributed by atoms with Crippen molar-refractivity contribution in [2.24, 2.45) is 0 Å². The Balaban J connectivity index is 1.59. The highest BCUT2D eigenvalue weighted by atomic mass is 16.6. The van der Waals surface area contributed by atoms with E-state index in [1.807, 2.05) is 62.9 Å². The topological polar surface area (TPSA) is 55.8 Å². The number of benzene rings is 1. The van der Waals surface area contributed by atoms with Gasteiger partial charge in [-0.2, -0.15) is 0 Å². The highest BCUT2D eigenvalue weighted by Gasteiger charge is 2.46. The van der Waals surface area contributed by atoms with Crippen molar-refractivity contribution >= 4 is 12.1 Å². The number of rotatable bonds is 3. The fraction of sp³-hybridized carbons (Fsp3) is 0.619. The number of ether oxygens (including phenoxy) is 2. The van der Waals surface area contributed by atoms with Gasteiger partial charge in [0.2, 0.25) is 0 Å². The van der Waals surface area contributed by atoms with Crippen LogP contribution in [0.3, 0.4) is 0 Å². The number of hydrogen-bond donors (Lipinski definition) is 0. The maximum absolute atomic E-state index is 12.5. The van der Waals surface area contributed by atoms with Crippen molar-refractivity contribution < 1.29 is 19.1 Å². The molecule has 3 atom stereocenters. The summed E-state index contributed by atoms with van der Waals surface area (Å²) in [6, 6.07) is 9.89. The Kier molecular flexibility index (Phi) is 5.26. The summed E-state index contributed by atoms with van der Waals surface area (Å²) in [7, 11) is 0. The molecule has 5 heteroatoms. The molecule has 2 saturated heterocycles. The number of nitrogens with zero attached hydrogens (tertiary/aromatic N) is 1. The molecular formula is C21H29NO4. The quantitative estimate of drug-likeness (QED) is 0.757. The molecule has 0 aliphatic carbocycles. The summed E-state index contributed by atoms with van der Waals surface area (Å²) in [5.74, 6) is -0.468. The van der Waals surface area contributed by atoms with Crippen molar-refractivity contribution in [3.63, 3.8) is 0 Å². The molecule has 2 bridgehead atoms. The summed E-state index contributed by atoms with van der Waals surface area (Å²) >= 11 is 0. The van der Waals surface area contributed by atoms with Gasteiger partial charge in [-0.3, -0.25) is 4.79 Å². The van der Waals surface area contributed by atoms with Crippen LogP contribution in [0.15, 0.2) is 30.3 Å². The van der Waals surface area contributed by atoms with E-state index in [1.54, 1.807) is 0 Å². The van der Waals surface area contributed by atoms with Gasteiger partial charge in [-0.05, 0) is 46.1 Å². The zero-order valence-electron chi connectivity index (χ0n) is 16.1. The van der Waals surface area contributed by atoms with Gasteiger partial charge in [-0.25, -0.2) is 4.79 Å². The third-order valence-corrected chi connectivity index (χ3v) is 5.23. The van der Waals surface area contributed by atoms with Crippen LogP contribution in [0.5, 0.6) is 0 Å². The van der Waals surface area contributed by atoms with Crippen LogP contribution in [0.4, 0.5) is 4.79 Å². The van der Waals surface area contributed by atoms with Crippen molar-refractivity contribution in [1.29, 1.82) is 0 Å². The largest absolute Gasteiger partial charge is 0.462 e. The summed E-state index contributed by atoms with van der Waals surface area (Å²) in [4.78, 5) is 26.9. The van der Waals surface area contributed by atoms with Crippen LogP contribution < -0.4 is 0 Å². The molecule has 142 valence electrons. The van der Waals surface area contributed by atoms with Crippen molar-refractivity contribution in [3.05, 3.63) is 35.9 Å². The van der Waals surface area contributed by atoms with Gasteiger partial charge in [-0.1, -0.05) is 30.3 Å². The maximum atomic E-state index is 12.5. The minimum Gasteiger partial charge on any atom is -0.462 e. The predicted octanol–water partition coefficient (Wildman–Crippen LogP) is 4.26. The van der Waals surface area contributed by atoms with E-state index in [-0.39, 0.29) is 36.2 Å². The van der Waals surface area contributed by atoms with Crippen LogP contribution in [0.2, 0.25) is 0 Å². The van der Waals surface area contributed by atoms with Gasteiger partial charge >= 0.3 is 12.1 Å². The lowest BCUT2D eigenvalue weighted by Crippen LogP contribution is -2.50. The minimum atomic E-state index is -0.495. The molecule has 0 spiro atoms. The van der Waals surface area contributed by atoms with Gasteiger partial charge in [0.1, 0.15) is 11.7 Å². The number of carbonyl (C=O) groups is 2. The van der Waals surface area contributed by atoms with Gasteiger partial charge in [0.25, 0.3) is 0 Å². The monoisotopic (exact) mass is 359 g/mol. The number of carbonyl (C=O) groups excluding carboxylic acids is 2. The van der Waals surface area contributed by atoms with E-state index in [9.17, 15) is 9.59 Å². The molecule has 2 fully saturated rings. The van der Waals surface area contributed by atoms with Crippen molar-refractivity contribution in [1.82, 2.24) is 4.90 Å². The van der Waals surface area contributed by atoms with Crippen molar-refractivity contribution in [2.75, 3.05) is 0 Å². The summed E-state index contributed by atoms with van der Waals surface area (Å²) in [6.45, 7) is 7.52. The lowest BCUT2D eigenvalue weighted by Gasteiger charge is -2.39. The lowest BCUT2D eigenvalue weighted by molar-refractivity contribution is -0.153. The smallest absolute Gasteiger partial charge is 0.410 e. The van der Waals surface area contributed by atoms with Gasteiger partial charge in [0.15, 0.2) is 0 Å². The Morgan fingerprint density at radius 1 is 1.08 bits per heavy atom. The zero-order chi connectivity index (χ0) is 18.9. The first-order valence-electron chi connectivity index (χ1n) is 9.51. The molecule has 2 aliphatic rings. The first kappa shape index (κ1) is 18.7. The molecule has 3 unspecified atom stereocenters. The van der Waals surface area contributed by atoms with Crippen LogP contribution in [-0.4, -0.2) is 40.8 Å². The van der Waals surface area contributed by atoms with E-state index in [2.05, 4.69) is 0 Å². The molecule has 5 nitrogen and oxygen atoms in total. The first-order valence-corrected chi connectivity index (χ1v) is 9.51. The van der Waals surface area contributed by atoms with E-state index >= 15 is 0 Å². The molecule has 0 aromatic heterocycles. The highest BCUT2D eigenvalue weighted by Crippen LogP contribution is 2.38. The molecule has 26 heavy (non-hydrogen) atoms.